The molecule has 6 heteroatoms. The summed E-state index contributed by atoms with van der Waals surface area (Å²) in [6.07, 6.45) is -4.01. The second kappa shape index (κ2) is 4.65. The summed E-state index contributed by atoms with van der Waals surface area (Å²) in [6, 6.07) is 5.55. The van der Waals surface area contributed by atoms with E-state index in [9.17, 15) is 13.2 Å². The molecule has 2 rings (SSSR count). The van der Waals surface area contributed by atoms with Crippen LogP contribution in [0.5, 0.6) is 5.75 Å². The van der Waals surface area contributed by atoms with Crippen molar-refractivity contribution in [2.24, 2.45) is 0 Å². The molecule has 0 aliphatic rings. The van der Waals surface area contributed by atoms with E-state index in [4.69, 9.17) is 11.6 Å². The van der Waals surface area contributed by atoms with Crippen LogP contribution in [0.15, 0.2) is 24.3 Å². The van der Waals surface area contributed by atoms with Gasteiger partial charge in [-0.1, -0.05) is 18.5 Å². The van der Waals surface area contributed by atoms with Gasteiger partial charge < -0.3 is 4.74 Å². The van der Waals surface area contributed by atoms with Crippen LogP contribution in [0.2, 0.25) is 5.02 Å². The van der Waals surface area contributed by atoms with E-state index in [1.165, 1.54) is 18.2 Å². The average molecular weight is 276 g/mol. The molecule has 0 saturated carbocycles. The summed E-state index contributed by atoms with van der Waals surface area (Å²) in [5.41, 5.74) is 1.34. The Bertz CT molecular complexity index is 583. The van der Waals surface area contributed by atoms with Crippen LogP contribution < -0.4 is 4.74 Å². The maximum absolute atomic E-state index is 12.1. The number of nitrogens with zero attached hydrogens (tertiary/aromatic N) is 1. The van der Waals surface area contributed by atoms with Crippen molar-refractivity contribution in [1.82, 2.24) is 4.98 Å². The number of halogens is 4. The van der Waals surface area contributed by atoms with Crippen molar-refractivity contribution in [3.8, 4) is 5.75 Å². The van der Waals surface area contributed by atoms with Crippen LogP contribution >= 0.6 is 11.6 Å². The Kier molecular flexibility index (Phi) is 3.34. The van der Waals surface area contributed by atoms with Gasteiger partial charge in [0, 0.05) is 11.1 Å². The third-order valence-corrected chi connectivity index (χ3v) is 2.69. The summed E-state index contributed by atoms with van der Waals surface area (Å²) in [7, 11) is 0. The number of fused-ring (bicyclic) bond motifs is 1. The van der Waals surface area contributed by atoms with Gasteiger partial charge in [-0.3, -0.25) is 4.98 Å². The minimum absolute atomic E-state index is 0.303. The number of pyridine rings is 1. The summed E-state index contributed by atoms with van der Waals surface area (Å²) in [6.45, 7) is 1.92. The number of rotatable bonds is 2. The largest absolute Gasteiger partial charge is 0.573 e. The second-order valence-electron chi connectivity index (χ2n) is 3.68. The van der Waals surface area contributed by atoms with Crippen molar-refractivity contribution in [3.63, 3.8) is 0 Å². The predicted octanol–water partition coefficient (Wildman–Crippen LogP) is 4.35. The molecule has 0 aliphatic heterocycles. The van der Waals surface area contributed by atoms with Crippen molar-refractivity contribution in [2.75, 3.05) is 0 Å². The van der Waals surface area contributed by atoms with Crippen LogP contribution in [0.1, 0.15) is 12.6 Å². The molecule has 1 aromatic carbocycles. The SMILES string of the molecule is CCc1cc(Cl)c2cc(OC(F)(F)F)ccc2n1. The molecule has 0 amide bonds. The first-order chi connectivity index (χ1) is 8.39. The molecule has 1 heterocycles. The average Bonchev–Trinajstić information content (AvgIpc) is 2.27. The zero-order chi connectivity index (χ0) is 13.3. The Morgan fingerprint density at radius 1 is 1.28 bits per heavy atom. The molecule has 0 spiro atoms. The number of aryl methyl sites for hydroxylation is 1. The van der Waals surface area contributed by atoms with Crippen LogP contribution in [-0.4, -0.2) is 11.3 Å². The molecule has 0 radical (unpaired) electrons. The summed E-state index contributed by atoms with van der Waals surface area (Å²) in [5.74, 6) is -0.303. The van der Waals surface area contributed by atoms with Crippen LogP contribution in [0.3, 0.4) is 0 Å². The summed E-state index contributed by atoms with van der Waals surface area (Å²) in [5, 5.41) is 0.806. The van der Waals surface area contributed by atoms with E-state index in [0.29, 0.717) is 22.3 Å². The first-order valence-corrected chi connectivity index (χ1v) is 5.62. The predicted molar refractivity (Wildman–Crippen MR) is 62.8 cm³/mol. The molecular weight excluding hydrogens is 267 g/mol. The minimum atomic E-state index is -4.71. The van der Waals surface area contributed by atoms with Crippen LogP contribution in [0, 0.1) is 0 Å². The Labute approximate surface area is 106 Å². The third kappa shape index (κ3) is 2.85. The maximum atomic E-state index is 12.1. The molecule has 0 saturated heterocycles. The molecule has 2 aromatic rings. The lowest BCUT2D eigenvalue weighted by Crippen LogP contribution is -2.17. The quantitative estimate of drug-likeness (QED) is 0.813. The lowest BCUT2D eigenvalue weighted by atomic mass is 10.2. The van der Waals surface area contributed by atoms with E-state index < -0.39 is 6.36 Å². The minimum Gasteiger partial charge on any atom is -0.406 e. The van der Waals surface area contributed by atoms with Crippen molar-refractivity contribution >= 4 is 22.5 Å². The molecular formula is C12H9ClF3NO. The molecule has 1 aromatic heterocycles. The van der Waals surface area contributed by atoms with E-state index in [1.54, 1.807) is 6.07 Å². The Morgan fingerprint density at radius 2 is 2.00 bits per heavy atom. The standard InChI is InChI=1S/C12H9ClF3NO/c1-2-7-5-10(13)9-6-8(18-12(14,15)16)3-4-11(9)17-7/h3-6H,2H2,1H3. The summed E-state index contributed by atoms with van der Waals surface area (Å²) in [4.78, 5) is 4.27. The molecule has 0 atom stereocenters. The fraction of sp³-hybridized carbons (Fsp3) is 0.250. The molecule has 18 heavy (non-hydrogen) atoms. The number of alkyl halides is 3. The van der Waals surface area contributed by atoms with Crippen molar-refractivity contribution < 1.29 is 17.9 Å². The van der Waals surface area contributed by atoms with Gasteiger partial charge in [-0.2, -0.15) is 0 Å². The van der Waals surface area contributed by atoms with E-state index >= 15 is 0 Å². The van der Waals surface area contributed by atoms with Crippen molar-refractivity contribution in [3.05, 3.63) is 35.0 Å². The van der Waals surface area contributed by atoms with E-state index in [1.807, 2.05) is 6.92 Å². The smallest absolute Gasteiger partial charge is 0.406 e. The fourth-order valence-electron chi connectivity index (χ4n) is 1.59. The van der Waals surface area contributed by atoms with E-state index in [0.717, 1.165) is 5.69 Å². The topological polar surface area (TPSA) is 22.1 Å². The fourth-order valence-corrected chi connectivity index (χ4v) is 1.87. The normalized spacial score (nSPS) is 11.8. The molecule has 0 N–H and O–H groups in total. The second-order valence-corrected chi connectivity index (χ2v) is 4.08. The summed E-state index contributed by atoms with van der Waals surface area (Å²) < 4.78 is 40.1. The highest BCUT2D eigenvalue weighted by atomic mass is 35.5. The monoisotopic (exact) mass is 275 g/mol. The summed E-state index contributed by atoms with van der Waals surface area (Å²) >= 11 is 6.01. The van der Waals surface area contributed by atoms with Gasteiger partial charge in [0.1, 0.15) is 5.75 Å². The van der Waals surface area contributed by atoms with Gasteiger partial charge in [-0.15, -0.1) is 13.2 Å². The third-order valence-electron chi connectivity index (χ3n) is 2.38. The van der Waals surface area contributed by atoms with E-state index in [-0.39, 0.29) is 5.75 Å². The van der Waals surface area contributed by atoms with Gasteiger partial charge in [0.15, 0.2) is 0 Å². The van der Waals surface area contributed by atoms with Gasteiger partial charge in [-0.05, 0) is 30.7 Å². The van der Waals surface area contributed by atoms with Gasteiger partial charge in [0.2, 0.25) is 0 Å². The molecule has 0 fully saturated rings. The van der Waals surface area contributed by atoms with Gasteiger partial charge >= 0.3 is 6.36 Å². The number of aromatic nitrogens is 1. The van der Waals surface area contributed by atoms with Gasteiger partial charge in [0.05, 0.1) is 10.5 Å². The molecule has 0 unspecified atom stereocenters. The zero-order valence-electron chi connectivity index (χ0n) is 9.38. The number of benzene rings is 1. The van der Waals surface area contributed by atoms with Crippen LogP contribution in [-0.2, 0) is 6.42 Å². The number of hydrogen-bond acceptors (Lipinski definition) is 2. The molecule has 0 aliphatic carbocycles. The highest BCUT2D eigenvalue weighted by molar-refractivity contribution is 6.35. The Hall–Kier alpha value is -1.49. The number of hydrogen-bond donors (Lipinski definition) is 0. The first-order valence-electron chi connectivity index (χ1n) is 5.24. The lowest BCUT2D eigenvalue weighted by Gasteiger charge is -2.10. The van der Waals surface area contributed by atoms with Crippen molar-refractivity contribution in [1.29, 1.82) is 0 Å². The number of ether oxygens (including phenoxy) is 1. The maximum Gasteiger partial charge on any atom is 0.573 e. The first kappa shape index (κ1) is 13.0. The highest BCUT2D eigenvalue weighted by Crippen LogP contribution is 2.30. The molecule has 96 valence electrons. The lowest BCUT2D eigenvalue weighted by molar-refractivity contribution is -0.274. The van der Waals surface area contributed by atoms with Crippen LogP contribution in [0.25, 0.3) is 10.9 Å². The molecule has 2 nitrogen and oxygen atoms in total. The van der Waals surface area contributed by atoms with E-state index in [2.05, 4.69) is 9.72 Å². The van der Waals surface area contributed by atoms with Crippen molar-refractivity contribution in [2.45, 2.75) is 19.7 Å². The van der Waals surface area contributed by atoms with Gasteiger partial charge in [-0.25, -0.2) is 0 Å². The zero-order valence-corrected chi connectivity index (χ0v) is 10.1. The Morgan fingerprint density at radius 3 is 2.61 bits per heavy atom. The highest BCUT2D eigenvalue weighted by Gasteiger charge is 2.31. The Balaban J connectivity index is 2.49. The van der Waals surface area contributed by atoms with Gasteiger partial charge in [0.25, 0.3) is 0 Å². The van der Waals surface area contributed by atoms with Crippen LogP contribution in [0.4, 0.5) is 13.2 Å². The molecule has 0 bridgehead atoms.